The lowest BCUT2D eigenvalue weighted by atomic mass is 10.2. The summed E-state index contributed by atoms with van der Waals surface area (Å²) in [6.07, 6.45) is 0.0967. The van der Waals surface area contributed by atoms with Crippen LogP contribution in [0, 0.1) is 13.8 Å². The molecule has 1 aromatic rings. The number of methoxy groups -OCH3 is 1. The number of aryl methyl sites for hydroxylation is 2. The minimum absolute atomic E-state index is 0. The van der Waals surface area contributed by atoms with Gasteiger partial charge in [0.1, 0.15) is 0 Å². The Bertz CT molecular complexity index is 545. The van der Waals surface area contributed by atoms with Gasteiger partial charge in [-0.25, -0.2) is 4.99 Å². The standard InChI is InChI=1S/C16H29N5O2.HI/c1-6-17-16(21-7-8-23-14(10-21)11-22-5)18-9-15-12(2)19-20(4)13(15)3;/h14H,6-11H2,1-5H3,(H,17,18);1H. The van der Waals surface area contributed by atoms with Crippen LogP contribution >= 0.6 is 24.0 Å². The fraction of sp³-hybridized carbons (Fsp3) is 0.750. The van der Waals surface area contributed by atoms with E-state index < -0.39 is 0 Å². The summed E-state index contributed by atoms with van der Waals surface area (Å²) in [5.74, 6) is 0.930. The lowest BCUT2D eigenvalue weighted by molar-refractivity contribution is -0.0447. The van der Waals surface area contributed by atoms with Crippen molar-refractivity contribution >= 4 is 29.9 Å². The average Bonchev–Trinajstić information content (AvgIpc) is 2.77. The molecular weight excluding hydrogens is 421 g/mol. The van der Waals surface area contributed by atoms with Gasteiger partial charge in [0.2, 0.25) is 0 Å². The Morgan fingerprint density at radius 1 is 1.46 bits per heavy atom. The number of rotatable bonds is 5. The highest BCUT2D eigenvalue weighted by Gasteiger charge is 2.23. The molecule has 1 unspecified atom stereocenters. The first-order valence-electron chi connectivity index (χ1n) is 8.19. The number of morpholine rings is 1. The van der Waals surface area contributed by atoms with E-state index in [-0.39, 0.29) is 30.1 Å². The lowest BCUT2D eigenvalue weighted by Gasteiger charge is -2.34. The molecular formula is C16H30IN5O2. The third kappa shape index (κ3) is 5.32. The zero-order valence-corrected chi connectivity index (χ0v) is 17.7. The Hall–Kier alpha value is -0.870. The summed E-state index contributed by atoms with van der Waals surface area (Å²) >= 11 is 0. The van der Waals surface area contributed by atoms with Crippen LogP contribution in [-0.4, -0.2) is 66.7 Å². The molecule has 0 bridgehead atoms. The summed E-state index contributed by atoms with van der Waals surface area (Å²) < 4.78 is 12.8. The zero-order chi connectivity index (χ0) is 16.8. The van der Waals surface area contributed by atoms with Crippen LogP contribution in [0.2, 0.25) is 0 Å². The van der Waals surface area contributed by atoms with Gasteiger partial charge in [0.05, 0.1) is 31.6 Å². The van der Waals surface area contributed by atoms with Crippen LogP contribution in [0.25, 0.3) is 0 Å². The number of nitrogens with zero attached hydrogens (tertiary/aromatic N) is 4. The second kappa shape index (κ2) is 10.2. The third-order valence-corrected chi connectivity index (χ3v) is 4.17. The van der Waals surface area contributed by atoms with Crippen molar-refractivity contribution in [3.8, 4) is 0 Å². The molecule has 0 spiro atoms. The van der Waals surface area contributed by atoms with Gasteiger partial charge in [0.25, 0.3) is 0 Å². The summed E-state index contributed by atoms with van der Waals surface area (Å²) in [7, 11) is 3.67. The van der Waals surface area contributed by atoms with Gasteiger partial charge >= 0.3 is 0 Å². The summed E-state index contributed by atoms with van der Waals surface area (Å²) in [6, 6.07) is 0. The Balaban J connectivity index is 0.00000288. The first-order valence-corrected chi connectivity index (χ1v) is 8.19. The molecule has 1 aliphatic rings. The molecule has 0 aliphatic carbocycles. The molecule has 0 aromatic carbocycles. The molecule has 1 aliphatic heterocycles. The number of ether oxygens (including phenoxy) is 2. The fourth-order valence-electron chi connectivity index (χ4n) is 2.82. The van der Waals surface area contributed by atoms with Crippen LogP contribution in [0.4, 0.5) is 0 Å². The average molecular weight is 451 g/mol. The number of aromatic nitrogens is 2. The Morgan fingerprint density at radius 2 is 2.21 bits per heavy atom. The van der Waals surface area contributed by atoms with Crippen LogP contribution in [0.3, 0.4) is 0 Å². The van der Waals surface area contributed by atoms with Crippen molar-refractivity contribution in [2.75, 3.05) is 40.0 Å². The maximum atomic E-state index is 5.72. The smallest absolute Gasteiger partial charge is 0.194 e. The summed E-state index contributed by atoms with van der Waals surface area (Å²) in [6.45, 7) is 10.6. The van der Waals surface area contributed by atoms with Gasteiger partial charge in [-0.1, -0.05) is 0 Å². The molecule has 1 aromatic heterocycles. The first kappa shape index (κ1) is 21.2. The summed E-state index contributed by atoms with van der Waals surface area (Å²) in [5, 5.41) is 7.84. The van der Waals surface area contributed by atoms with Crippen LogP contribution < -0.4 is 5.32 Å². The van der Waals surface area contributed by atoms with Gasteiger partial charge in [-0.05, 0) is 20.8 Å². The molecule has 1 fully saturated rings. The topological polar surface area (TPSA) is 63.9 Å². The number of halogens is 1. The van der Waals surface area contributed by atoms with E-state index in [0.717, 1.165) is 31.3 Å². The molecule has 0 saturated carbocycles. The second-order valence-corrected chi connectivity index (χ2v) is 5.84. The molecule has 138 valence electrons. The van der Waals surface area contributed by atoms with Crippen LogP contribution in [0.1, 0.15) is 23.9 Å². The molecule has 1 saturated heterocycles. The maximum absolute atomic E-state index is 5.72. The van der Waals surface area contributed by atoms with Crippen molar-refractivity contribution < 1.29 is 9.47 Å². The molecule has 0 amide bonds. The van der Waals surface area contributed by atoms with Crippen molar-refractivity contribution in [1.29, 1.82) is 0 Å². The summed E-state index contributed by atoms with van der Waals surface area (Å²) in [5.41, 5.74) is 3.41. The van der Waals surface area contributed by atoms with Gasteiger partial charge in [-0.3, -0.25) is 4.68 Å². The van der Waals surface area contributed by atoms with Gasteiger partial charge in [0.15, 0.2) is 5.96 Å². The molecule has 7 nitrogen and oxygen atoms in total. The van der Waals surface area contributed by atoms with Crippen LogP contribution in [0.15, 0.2) is 4.99 Å². The van der Waals surface area contributed by atoms with E-state index in [0.29, 0.717) is 19.8 Å². The maximum Gasteiger partial charge on any atom is 0.194 e. The number of nitrogens with one attached hydrogen (secondary N) is 1. The highest BCUT2D eigenvalue weighted by atomic mass is 127. The van der Waals surface area contributed by atoms with Crippen LogP contribution in [0.5, 0.6) is 0 Å². The van der Waals surface area contributed by atoms with E-state index in [1.807, 2.05) is 18.7 Å². The molecule has 0 radical (unpaired) electrons. The molecule has 1 N–H and O–H groups in total. The van der Waals surface area contributed by atoms with E-state index in [9.17, 15) is 0 Å². The van der Waals surface area contributed by atoms with Crippen molar-refractivity contribution in [1.82, 2.24) is 20.0 Å². The zero-order valence-electron chi connectivity index (χ0n) is 15.3. The van der Waals surface area contributed by atoms with E-state index in [1.54, 1.807) is 7.11 Å². The van der Waals surface area contributed by atoms with Crippen molar-refractivity contribution in [3.05, 3.63) is 17.0 Å². The molecule has 1 atom stereocenters. The number of aliphatic imine (C=N–C) groups is 1. The summed E-state index contributed by atoms with van der Waals surface area (Å²) in [4.78, 5) is 7.07. The van der Waals surface area contributed by atoms with Gasteiger partial charge in [-0.15, -0.1) is 24.0 Å². The Morgan fingerprint density at radius 3 is 2.79 bits per heavy atom. The van der Waals surface area contributed by atoms with E-state index >= 15 is 0 Å². The minimum Gasteiger partial charge on any atom is -0.382 e. The SMILES string of the molecule is CCNC(=NCc1c(C)nn(C)c1C)N1CCOC(COC)C1.I. The Labute approximate surface area is 161 Å². The molecule has 24 heavy (non-hydrogen) atoms. The molecule has 8 heteroatoms. The van der Waals surface area contributed by atoms with Gasteiger partial charge < -0.3 is 19.7 Å². The molecule has 2 heterocycles. The van der Waals surface area contributed by atoms with Gasteiger partial charge in [0, 0.05) is 45.0 Å². The first-order chi connectivity index (χ1) is 11.1. The number of hydrogen-bond acceptors (Lipinski definition) is 4. The predicted molar refractivity (Wildman–Crippen MR) is 106 cm³/mol. The van der Waals surface area contributed by atoms with E-state index in [2.05, 4.69) is 29.2 Å². The van der Waals surface area contributed by atoms with E-state index in [4.69, 9.17) is 14.5 Å². The van der Waals surface area contributed by atoms with Gasteiger partial charge in [-0.2, -0.15) is 5.10 Å². The lowest BCUT2D eigenvalue weighted by Crippen LogP contribution is -2.51. The number of hydrogen-bond donors (Lipinski definition) is 1. The largest absolute Gasteiger partial charge is 0.382 e. The van der Waals surface area contributed by atoms with Crippen LogP contribution in [-0.2, 0) is 23.1 Å². The highest BCUT2D eigenvalue weighted by Crippen LogP contribution is 2.14. The van der Waals surface area contributed by atoms with Crippen molar-refractivity contribution in [2.45, 2.75) is 33.4 Å². The predicted octanol–water partition coefficient (Wildman–Crippen LogP) is 1.47. The normalized spacial score (nSPS) is 18.5. The van der Waals surface area contributed by atoms with Crippen molar-refractivity contribution in [3.63, 3.8) is 0 Å². The Kier molecular flexibility index (Phi) is 8.99. The monoisotopic (exact) mass is 451 g/mol. The van der Waals surface area contributed by atoms with Crippen molar-refractivity contribution in [2.24, 2.45) is 12.0 Å². The number of guanidine groups is 1. The fourth-order valence-corrected chi connectivity index (χ4v) is 2.82. The highest BCUT2D eigenvalue weighted by molar-refractivity contribution is 14.0. The third-order valence-electron chi connectivity index (χ3n) is 4.17. The quantitative estimate of drug-likeness (QED) is 0.418. The minimum atomic E-state index is 0. The molecule has 2 rings (SSSR count). The second-order valence-electron chi connectivity index (χ2n) is 5.84. The van der Waals surface area contributed by atoms with E-state index in [1.165, 1.54) is 11.3 Å².